The van der Waals surface area contributed by atoms with Crippen LogP contribution in [0.4, 0.5) is 0 Å². The molecule has 1 rings (SSSR count). The smallest absolute Gasteiger partial charge is 0.199 e. The second-order valence-corrected chi connectivity index (χ2v) is 3.95. The highest BCUT2D eigenvalue weighted by Crippen LogP contribution is 2.25. The standard InChI is InChI=1S/C12H22O2/c1-4-6-7-11-8-10(3)9-12(14-11)13-5-2/h8,10,12H,4-7,9H2,1-3H3. The van der Waals surface area contributed by atoms with E-state index in [9.17, 15) is 0 Å². The fourth-order valence-electron chi connectivity index (χ4n) is 1.73. The minimum atomic E-state index is -0.00754. The number of hydrogen-bond donors (Lipinski definition) is 0. The molecule has 1 aliphatic rings. The first kappa shape index (κ1) is 11.6. The van der Waals surface area contributed by atoms with Crippen molar-refractivity contribution in [1.29, 1.82) is 0 Å². The van der Waals surface area contributed by atoms with Crippen LogP contribution in [0.15, 0.2) is 11.8 Å². The van der Waals surface area contributed by atoms with E-state index in [0.29, 0.717) is 5.92 Å². The van der Waals surface area contributed by atoms with Crippen LogP contribution in [0, 0.1) is 5.92 Å². The topological polar surface area (TPSA) is 18.5 Å². The van der Waals surface area contributed by atoms with Gasteiger partial charge in [-0.1, -0.05) is 20.3 Å². The molecule has 82 valence electrons. The van der Waals surface area contributed by atoms with Gasteiger partial charge < -0.3 is 9.47 Å². The number of rotatable bonds is 5. The van der Waals surface area contributed by atoms with Gasteiger partial charge in [-0.3, -0.25) is 0 Å². The molecule has 14 heavy (non-hydrogen) atoms. The van der Waals surface area contributed by atoms with E-state index in [2.05, 4.69) is 19.9 Å². The van der Waals surface area contributed by atoms with Crippen molar-refractivity contribution in [1.82, 2.24) is 0 Å². The summed E-state index contributed by atoms with van der Waals surface area (Å²) in [4.78, 5) is 0. The zero-order chi connectivity index (χ0) is 10.4. The summed E-state index contributed by atoms with van der Waals surface area (Å²) < 4.78 is 11.2. The lowest BCUT2D eigenvalue weighted by Crippen LogP contribution is -2.23. The van der Waals surface area contributed by atoms with Gasteiger partial charge in [0.05, 0.1) is 5.76 Å². The maximum absolute atomic E-state index is 5.74. The third kappa shape index (κ3) is 3.70. The first-order chi connectivity index (χ1) is 6.76. The molecule has 2 unspecified atom stereocenters. The Labute approximate surface area is 87.3 Å². The van der Waals surface area contributed by atoms with Crippen molar-refractivity contribution < 1.29 is 9.47 Å². The highest BCUT2D eigenvalue weighted by Gasteiger charge is 2.20. The molecule has 0 aromatic carbocycles. The summed E-state index contributed by atoms with van der Waals surface area (Å²) >= 11 is 0. The van der Waals surface area contributed by atoms with Crippen LogP contribution in [0.1, 0.15) is 46.5 Å². The molecule has 0 spiro atoms. The summed E-state index contributed by atoms with van der Waals surface area (Å²) in [5.74, 6) is 1.72. The van der Waals surface area contributed by atoms with Crippen LogP contribution < -0.4 is 0 Å². The van der Waals surface area contributed by atoms with Gasteiger partial charge in [-0.05, 0) is 25.3 Å². The van der Waals surface area contributed by atoms with Crippen LogP contribution in [-0.2, 0) is 9.47 Å². The molecule has 0 bridgehead atoms. The molecule has 0 radical (unpaired) electrons. The summed E-state index contributed by atoms with van der Waals surface area (Å²) in [6.07, 6.45) is 6.71. The van der Waals surface area contributed by atoms with Crippen molar-refractivity contribution in [3.63, 3.8) is 0 Å². The molecule has 0 aliphatic carbocycles. The molecule has 0 aromatic heterocycles. The van der Waals surface area contributed by atoms with E-state index in [4.69, 9.17) is 9.47 Å². The molecule has 2 nitrogen and oxygen atoms in total. The summed E-state index contributed by atoms with van der Waals surface area (Å²) in [5.41, 5.74) is 0. The normalized spacial score (nSPS) is 26.9. The summed E-state index contributed by atoms with van der Waals surface area (Å²) in [6, 6.07) is 0. The van der Waals surface area contributed by atoms with E-state index in [-0.39, 0.29) is 6.29 Å². The number of allylic oxidation sites excluding steroid dienone is 2. The van der Waals surface area contributed by atoms with Gasteiger partial charge in [0.15, 0.2) is 6.29 Å². The van der Waals surface area contributed by atoms with E-state index in [0.717, 1.165) is 25.2 Å². The van der Waals surface area contributed by atoms with E-state index >= 15 is 0 Å². The molecule has 1 aliphatic heterocycles. The Balaban J connectivity index is 2.41. The van der Waals surface area contributed by atoms with Crippen LogP contribution in [0.25, 0.3) is 0 Å². The monoisotopic (exact) mass is 198 g/mol. The highest BCUT2D eigenvalue weighted by molar-refractivity contribution is 4.99. The molecule has 0 saturated heterocycles. The van der Waals surface area contributed by atoms with Crippen molar-refractivity contribution in [2.75, 3.05) is 6.61 Å². The van der Waals surface area contributed by atoms with Gasteiger partial charge in [-0.25, -0.2) is 0 Å². The Morgan fingerprint density at radius 2 is 2.29 bits per heavy atom. The Hall–Kier alpha value is -0.500. The lowest BCUT2D eigenvalue weighted by molar-refractivity contribution is -0.130. The first-order valence-corrected chi connectivity index (χ1v) is 5.75. The minimum absolute atomic E-state index is 0.00754. The van der Waals surface area contributed by atoms with Crippen molar-refractivity contribution in [2.24, 2.45) is 5.92 Å². The predicted molar refractivity (Wildman–Crippen MR) is 57.9 cm³/mol. The molecule has 2 atom stereocenters. The SMILES string of the molecule is CCCCC1=CC(C)CC(OCC)O1. The van der Waals surface area contributed by atoms with Gasteiger partial charge in [-0.15, -0.1) is 0 Å². The van der Waals surface area contributed by atoms with Crippen LogP contribution in [0.3, 0.4) is 0 Å². The average Bonchev–Trinajstić information content (AvgIpc) is 2.14. The fraction of sp³-hybridized carbons (Fsp3) is 0.833. The Bertz CT molecular complexity index is 187. The van der Waals surface area contributed by atoms with Gasteiger partial charge in [0.25, 0.3) is 0 Å². The molecule has 0 N–H and O–H groups in total. The van der Waals surface area contributed by atoms with Gasteiger partial charge in [0.2, 0.25) is 0 Å². The van der Waals surface area contributed by atoms with Gasteiger partial charge >= 0.3 is 0 Å². The lowest BCUT2D eigenvalue weighted by Gasteiger charge is -2.27. The van der Waals surface area contributed by atoms with Crippen LogP contribution in [-0.4, -0.2) is 12.9 Å². The Kier molecular flexibility index (Phi) is 5.02. The summed E-state index contributed by atoms with van der Waals surface area (Å²) in [5, 5.41) is 0. The summed E-state index contributed by atoms with van der Waals surface area (Å²) in [7, 11) is 0. The Morgan fingerprint density at radius 1 is 1.50 bits per heavy atom. The van der Waals surface area contributed by atoms with Crippen LogP contribution >= 0.6 is 0 Å². The van der Waals surface area contributed by atoms with Crippen molar-refractivity contribution >= 4 is 0 Å². The van der Waals surface area contributed by atoms with Gasteiger partial charge in [0.1, 0.15) is 0 Å². The largest absolute Gasteiger partial charge is 0.470 e. The van der Waals surface area contributed by atoms with Crippen LogP contribution in [0.2, 0.25) is 0 Å². The second kappa shape index (κ2) is 6.07. The van der Waals surface area contributed by atoms with E-state index in [1.54, 1.807) is 0 Å². The van der Waals surface area contributed by atoms with Crippen molar-refractivity contribution in [3.05, 3.63) is 11.8 Å². The number of hydrogen-bond acceptors (Lipinski definition) is 2. The fourth-order valence-corrected chi connectivity index (χ4v) is 1.73. The molecule has 0 fully saturated rings. The predicted octanol–water partition coefficient (Wildman–Crippen LogP) is 3.48. The molecular formula is C12H22O2. The van der Waals surface area contributed by atoms with Gasteiger partial charge in [0, 0.05) is 19.4 Å². The zero-order valence-electron chi connectivity index (χ0n) is 9.58. The molecule has 2 heteroatoms. The molecule has 0 saturated carbocycles. The maximum atomic E-state index is 5.74. The minimum Gasteiger partial charge on any atom is -0.470 e. The molecular weight excluding hydrogens is 176 g/mol. The van der Waals surface area contributed by atoms with E-state index in [1.165, 1.54) is 12.8 Å². The molecule has 0 aromatic rings. The second-order valence-electron chi connectivity index (χ2n) is 3.95. The Morgan fingerprint density at radius 3 is 2.93 bits per heavy atom. The lowest BCUT2D eigenvalue weighted by atomic mass is 10.0. The number of unbranched alkanes of at least 4 members (excludes halogenated alkanes) is 1. The third-order valence-corrected chi connectivity index (χ3v) is 2.45. The third-order valence-electron chi connectivity index (χ3n) is 2.45. The maximum Gasteiger partial charge on any atom is 0.199 e. The quantitative estimate of drug-likeness (QED) is 0.673. The van der Waals surface area contributed by atoms with Crippen LogP contribution in [0.5, 0.6) is 0 Å². The summed E-state index contributed by atoms with van der Waals surface area (Å²) in [6.45, 7) is 7.17. The van der Waals surface area contributed by atoms with Crippen molar-refractivity contribution in [3.8, 4) is 0 Å². The molecule has 1 heterocycles. The number of ether oxygens (including phenoxy) is 2. The average molecular weight is 198 g/mol. The highest BCUT2D eigenvalue weighted by atomic mass is 16.7. The van der Waals surface area contributed by atoms with Crippen molar-refractivity contribution in [2.45, 2.75) is 52.7 Å². The van der Waals surface area contributed by atoms with Gasteiger partial charge in [-0.2, -0.15) is 0 Å². The zero-order valence-corrected chi connectivity index (χ0v) is 9.58. The molecule has 0 amide bonds. The first-order valence-electron chi connectivity index (χ1n) is 5.75. The van der Waals surface area contributed by atoms with E-state index in [1.807, 2.05) is 6.92 Å². The van der Waals surface area contributed by atoms with E-state index < -0.39 is 0 Å².